The number of fused-ring (bicyclic) bond motifs is 1. The summed E-state index contributed by atoms with van der Waals surface area (Å²) < 4.78 is 1.55. The molecule has 0 spiro atoms. The summed E-state index contributed by atoms with van der Waals surface area (Å²) >= 11 is 3.11. The van der Waals surface area contributed by atoms with Crippen LogP contribution >= 0.6 is 15.9 Å². The fourth-order valence-electron chi connectivity index (χ4n) is 2.08. The molecule has 3 N–H and O–H groups in total. The molecule has 6 heteroatoms. The van der Waals surface area contributed by atoms with Crippen LogP contribution in [-0.2, 0) is 11.3 Å². The standard InChI is InChI=1S/C13H14BrNO4/c14-5-11(16)13(19)9-6-15(7-12(17)18)10-4-2-1-3-8(9)10/h1-4,6,11,13,16,19H,5,7H2,(H,17,18). The van der Waals surface area contributed by atoms with Gasteiger partial charge in [-0.3, -0.25) is 4.79 Å². The smallest absolute Gasteiger partial charge is 0.323 e. The number of carboxylic acid groups (broad SMARTS) is 1. The molecule has 102 valence electrons. The van der Waals surface area contributed by atoms with Crippen LogP contribution in [0.4, 0.5) is 0 Å². The summed E-state index contributed by atoms with van der Waals surface area (Å²) in [7, 11) is 0. The molecule has 0 fully saturated rings. The number of carboxylic acids is 1. The number of aliphatic carboxylic acids is 1. The van der Waals surface area contributed by atoms with Gasteiger partial charge in [0, 0.05) is 28.0 Å². The first-order valence-electron chi connectivity index (χ1n) is 5.76. The molecule has 1 heterocycles. The molecule has 1 aromatic carbocycles. The summed E-state index contributed by atoms with van der Waals surface area (Å²) in [4.78, 5) is 10.8. The maximum atomic E-state index is 10.8. The number of aliphatic hydroxyl groups is 2. The fraction of sp³-hybridized carbons (Fsp3) is 0.308. The van der Waals surface area contributed by atoms with E-state index in [4.69, 9.17) is 5.11 Å². The molecule has 0 aliphatic rings. The van der Waals surface area contributed by atoms with Gasteiger partial charge < -0.3 is 19.9 Å². The van der Waals surface area contributed by atoms with E-state index in [9.17, 15) is 15.0 Å². The minimum atomic E-state index is -1.06. The summed E-state index contributed by atoms with van der Waals surface area (Å²) in [5, 5.41) is 29.7. The lowest BCUT2D eigenvalue weighted by Crippen LogP contribution is -2.19. The first-order valence-corrected chi connectivity index (χ1v) is 6.88. The largest absolute Gasteiger partial charge is 0.480 e. The molecular weight excluding hydrogens is 314 g/mol. The van der Waals surface area contributed by atoms with Gasteiger partial charge in [0.15, 0.2) is 0 Å². The number of hydrogen-bond donors (Lipinski definition) is 3. The van der Waals surface area contributed by atoms with Gasteiger partial charge in [-0.25, -0.2) is 0 Å². The summed E-state index contributed by atoms with van der Waals surface area (Å²) in [5.41, 5.74) is 1.25. The molecule has 2 aromatic rings. The van der Waals surface area contributed by atoms with Crippen LogP contribution < -0.4 is 0 Å². The molecule has 0 amide bonds. The van der Waals surface area contributed by atoms with E-state index in [1.807, 2.05) is 6.07 Å². The molecule has 0 saturated carbocycles. The van der Waals surface area contributed by atoms with Crippen LogP contribution in [-0.4, -0.2) is 37.3 Å². The van der Waals surface area contributed by atoms with Gasteiger partial charge in [-0.1, -0.05) is 34.1 Å². The van der Waals surface area contributed by atoms with Crippen molar-refractivity contribution in [3.63, 3.8) is 0 Å². The van der Waals surface area contributed by atoms with Gasteiger partial charge in [0.05, 0.1) is 6.10 Å². The average Bonchev–Trinajstić information content (AvgIpc) is 2.75. The number of halogens is 1. The van der Waals surface area contributed by atoms with Gasteiger partial charge in [-0.05, 0) is 6.07 Å². The molecule has 0 aliphatic heterocycles. The minimum absolute atomic E-state index is 0.183. The van der Waals surface area contributed by atoms with Crippen molar-refractivity contribution >= 4 is 32.8 Å². The Morgan fingerprint density at radius 1 is 1.32 bits per heavy atom. The highest BCUT2D eigenvalue weighted by Crippen LogP contribution is 2.28. The molecule has 0 saturated heterocycles. The summed E-state index contributed by atoms with van der Waals surface area (Å²) in [6.45, 7) is -0.183. The highest BCUT2D eigenvalue weighted by Gasteiger charge is 2.22. The van der Waals surface area contributed by atoms with Crippen LogP contribution in [0.3, 0.4) is 0 Å². The molecule has 2 rings (SSSR count). The van der Waals surface area contributed by atoms with Gasteiger partial charge in [0.25, 0.3) is 0 Å². The summed E-state index contributed by atoms with van der Waals surface area (Å²) in [6, 6.07) is 7.20. The summed E-state index contributed by atoms with van der Waals surface area (Å²) in [6.07, 6.45) is -0.418. The number of aliphatic hydroxyl groups excluding tert-OH is 2. The lowest BCUT2D eigenvalue weighted by atomic mass is 10.0. The van der Waals surface area contributed by atoms with Crippen LogP contribution in [0.1, 0.15) is 11.7 Å². The van der Waals surface area contributed by atoms with Crippen molar-refractivity contribution in [1.82, 2.24) is 4.57 Å². The third-order valence-electron chi connectivity index (χ3n) is 2.97. The Bertz CT molecular complexity index is 595. The Kier molecular flexibility index (Phi) is 4.24. The molecular formula is C13H14BrNO4. The number of aromatic nitrogens is 1. The van der Waals surface area contributed by atoms with Crippen molar-refractivity contribution in [3.05, 3.63) is 36.0 Å². The molecule has 2 atom stereocenters. The van der Waals surface area contributed by atoms with E-state index < -0.39 is 18.2 Å². The summed E-state index contributed by atoms with van der Waals surface area (Å²) in [5.74, 6) is -0.956. The zero-order chi connectivity index (χ0) is 14.0. The molecule has 0 radical (unpaired) electrons. The number of rotatable bonds is 5. The molecule has 0 aliphatic carbocycles. The average molecular weight is 328 g/mol. The minimum Gasteiger partial charge on any atom is -0.480 e. The van der Waals surface area contributed by atoms with Gasteiger partial charge in [0.2, 0.25) is 0 Å². The van der Waals surface area contributed by atoms with Crippen molar-refractivity contribution in [1.29, 1.82) is 0 Å². The highest BCUT2D eigenvalue weighted by atomic mass is 79.9. The molecule has 0 bridgehead atoms. The quantitative estimate of drug-likeness (QED) is 0.727. The van der Waals surface area contributed by atoms with E-state index in [1.165, 1.54) is 0 Å². The van der Waals surface area contributed by atoms with Crippen LogP contribution in [0.5, 0.6) is 0 Å². The van der Waals surface area contributed by atoms with E-state index in [0.717, 1.165) is 10.9 Å². The SMILES string of the molecule is O=C(O)Cn1cc(C(O)C(O)CBr)c2ccccc21. The Balaban J connectivity index is 2.52. The topological polar surface area (TPSA) is 82.7 Å². The van der Waals surface area contributed by atoms with E-state index in [-0.39, 0.29) is 11.9 Å². The second kappa shape index (κ2) is 5.73. The number of carbonyl (C=O) groups is 1. The van der Waals surface area contributed by atoms with Crippen LogP contribution in [0.25, 0.3) is 10.9 Å². The van der Waals surface area contributed by atoms with Crippen LogP contribution in [0.15, 0.2) is 30.5 Å². The van der Waals surface area contributed by atoms with Crippen molar-refractivity contribution in [2.75, 3.05) is 5.33 Å². The zero-order valence-electron chi connectivity index (χ0n) is 10.0. The van der Waals surface area contributed by atoms with E-state index in [2.05, 4.69) is 15.9 Å². The fourth-order valence-corrected chi connectivity index (χ4v) is 2.43. The Hall–Kier alpha value is -1.37. The van der Waals surface area contributed by atoms with Crippen molar-refractivity contribution in [2.24, 2.45) is 0 Å². The van der Waals surface area contributed by atoms with Crippen molar-refractivity contribution < 1.29 is 20.1 Å². The number of para-hydroxylation sites is 1. The van der Waals surface area contributed by atoms with Gasteiger partial charge >= 0.3 is 5.97 Å². The highest BCUT2D eigenvalue weighted by molar-refractivity contribution is 9.09. The third kappa shape index (κ3) is 2.80. The van der Waals surface area contributed by atoms with Crippen LogP contribution in [0, 0.1) is 0 Å². The first kappa shape index (κ1) is 14.0. The Morgan fingerprint density at radius 2 is 2.00 bits per heavy atom. The predicted octanol–water partition coefficient (Wildman–Crippen LogP) is 1.52. The number of benzene rings is 1. The zero-order valence-corrected chi connectivity index (χ0v) is 11.6. The third-order valence-corrected chi connectivity index (χ3v) is 3.63. The maximum absolute atomic E-state index is 10.8. The second-order valence-electron chi connectivity index (χ2n) is 4.29. The number of alkyl halides is 1. The van der Waals surface area contributed by atoms with Crippen molar-refractivity contribution in [3.8, 4) is 0 Å². The molecule has 2 unspecified atom stereocenters. The Labute approximate surface area is 118 Å². The van der Waals surface area contributed by atoms with Crippen molar-refractivity contribution in [2.45, 2.75) is 18.8 Å². The molecule has 5 nitrogen and oxygen atoms in total. The monoisotopic (exact) mass is 327 g/mol. The Morgan fingerprint density at radius 3 is 2.63 bits per heavy atom. The number of nitrogens with zero attached hydrogens (tertiary/aromatic N) is 1. The second-order valence-corrected chi connectivity index (χ2v) is 4.94. The van der Waals surface area contributed by atoms with E-state index >= 15 is 0 Å². The van der Waals surface area contributed by atoms with Gasteiger partial charge in [-0.2, -0.15) is 0 Å². The lowest BCUT2D eigenvalue weighted by molar-refractivity contribution is -0.137. The normalized spacial score (nSPS) is 14.5. The van der Waals surface area contributed by atoms with Gasteiger partial charge in [-0.15, -0.1) is 0 Å². The van der Waals surface area contributed by atoms with E-state index in [1.54, 1.807) is 29.0 Å². The van der Waals surface area contributed by atoms with Crippen LogP contribution in [0.2, 0.25) is 0 Å². The molecule has 19 heavy (non-hydrogen) atoms. The van der Waals surface area contributed by atoms with Gasteiger partial charge in [0.1, 0.15) is 12.6 Å². The first-order chi connectivity index (χ1) is 9.04. The maximum Gasteiger partial charge on any atom is 0.323 e. The number of hydrogen-bond acceptors (Lipinski definition) is 3. The molecule has 1 aromatic heterocycles. The van der Waals surface area contributed by atoms with E-state index in [0.29, 0.717) is 5.56 Å². The predicted molar refractivity (Wildman–Crippen MR) is 74.3 cm³/mol. The lowest BCUT2D eigenvalue weighted by Gasteiger charge is -2.14.